The van der Waals surface area contributed by atoms with Crippen LogP contribution in [0, 0.1) is 10.1 Å². The highest BCUT2D eigenvalue weighted by atomic mass is 79.9. The first-order valence-corrected chi connectivity index (χ1v) is 16.8. The van der Waals surface area contributed by atoms with Gasteiger partial charge in [-0.1, -0.05) is 134 Å². The van der Waals surface area contributed by atoms with Crippen LogP contribution in [-0.4, -0.2) is 15.8 Å². The molecule has 2 aliphatic rings. The van der Waals surface area contributed by atoms with Gasteiger partial charge in [0.25, 0.3) is 5.69 Å². The second-order valence-electron chi connectivity index (χ2n) is 10.2. The molecular weight excluding hydrogens is 722 g/mol. The number of fused-ring (bicyclic) bond motifs is 2. The molecule has 0 saturated heterocycles. The standard InChI is InChI=1S/C34H21Br2N3O3S2/c35-25-14-10-23(11-15-25)33(24-12-16-26(36)17-13-24)29-8-4-5-9-30(29)34(44-33)38(27-18-20-28(21-19-27)39(41)42)37-32(43-34)31(40)22-6-2-1-3-7-22/h1-21H/t34-/m0/s1. The summed E-state index contributed by atoms with van der Waals surface area (Å²) in [5.74, 6) is -0.178. The third-order valence-corrected chi connectivity index (χ3v) is 12.0. The third-order valence-electron chi connectivity index (χ3n) is 7.68. The molecule has 2 heterocycles. The number of nitrogens with zero attached hydrogens (tertiary/aromatic N) is 3. The van der Waals surface area contributed by atoms with E-state index in [1.165, 1.54) is 23.9 Å². The van der Waals surface area contributed by atoms with Gasteiger partial charge in [-0.15, -0.1) is 0 Å². The SMILES string of the molecule is O=C(C1=NN(c2ccc([N+](=O)[O-])cc2)[C@@]2(S1)SC(c1ccc(Br)cc1)(c1ccc(Br)cc1)c1ccccc12)c1ccccc1. The van der Waals surface area contributed by atoms with Crippen LogP contribution in [0.15, 0.2) is 141 Å². The molecule has 7 rings (SSSR count). The van der Waals surface area contributed by atoms with Crippen molar-refractivity contribution in [1.82, 2.24) is 0 Å². The Labute approximate surface area is 279 Å². The topological polar surface area (TPSA) is 75.8 Å². The molecule has 10 heteroatoms. The van der Waals surface area contributed by atoms with Crippen molar-refractivity contribution in [1.29, 1.82) is 0 Å². The highest BCUT2D eigenvalue weighted by molar-refractivity contribution is 9.10. The van der Waals surface area contributed by atoms with E-state index >= 15 is 0 Å². The van der Waals surface area contributed by atoms with Gasteiger partial charge in [0.15, 0.2) is 9.25 Å². The van der Waals surface area contributed by atoms with Gasteiger partial charge in [0, 0.05) is 32.2 Å². The molecule has 2 aliphatic heterocycles. The normalized spacial score (nSPS) is 18.2. The minimum absolute atomic E-state index is 0.0160. The molecular formula is C34H21Br2N3O3S2. The van der Waals surface area contributed by atoms with E-state index in [4.69, 9.17) is 5.10 Å². The molecule has 0 unspecified atom stereocenters. The first-order valence-electron chi connectivity index (χ1n) is 13.6. The van der Waals surface area contributed by atoms with Crippen LogP contribution in [-0.2, 0) is 8.95 Å². The van der Waals surface area contributed by atoms with Crippen molar-refractivity contribution in [2.45, 2.75) is 8.95 Å². The fourth-order valence-corrected chi connectivity index (χ4v) is 9.83. The van der Waals surface area contributed by atoms with Crippen molar-refractivity contribution >= 4 is 77.6 Å². The molecule has 216 valence electrons. The lowest BCUT2D eigenvalue weighted by molar-refractivity contribution is -0.384. The van der Waals surface area contributed by atoms with Crippen molar-refractivity contribution in [3.63, 3.8) is 0 Å². The van der Waals surface area contributed by atoms with Gasteiger partial charge in [-0.3, -0.25) is 14.9 Å². The maximum Gasteiger partial charge on any atom is 0.269 e. The number of rotatable bonds is 6. The lowest BCUT2D eigenvalue weighted by Crippen LogP contribution is -2.34. The minimum atomic E-state index is -0.910. The van der Waals surface area contributed by atoms with Crippen molar-refractivity contribution in [2.75, 3.05) is 5.01 Å². The van der Waals surface area contributed by atoms with E-state index in [1.807, 2.05) is 59.6 Å². The zero-order valence-electron chi connectivity index (χ0n) is 22.8. The molecule has 0 amide bonds. The molecule has 5 aromatic carbocycles. The van der Waals surface area contributed by atoms with Gasteiger partial charge >= 0.3 is 0 Å². The summed E-state index contributed by atoms with van der Waals surface area (Å²) in [4.78, 5) is 25.0. The second kappa shape index (κ2) is 11.3. The lowest BCUT2D eigenvalue weighted by atomic mass is 9.82. The Bertz CT molecular complexity index is 1890. The molecule has 1 spiro atoms. The van der Waals surface area contributed by atoms with E-state index in [-0.39, 0.29) is 11.5 Å². The Morgan fingerprint density at radius 2 is 1.27 bits per heavy atom. The van der Waals surface area contributed by atoms with Crippen molar-refractivity contribution in [3.8, 4) is 0 Å². The molecule has 0 aliphatic carbocycles. The Balaban J connectivity index is 1.47. The number of hydrogen-bond acceptors (Lipinski definition) is 7. The average Bonchev–Trinajstić information content (AvgIpc) is 3.58. The van der Waals surface area contributed by atoms with Crippen LogP contribution < -0.4 is 5.01 Å². The molecule has 0 radical (unpaired) electrons. The van der Waals surface area contributed by atoms with Crippen molar-refractivity contribution < 1.29 is 9.72 Å². The number of thioether (sulfide) groups is 2. The summed E-state index contributed by atoms with van der Waals surface area (Å²) in [6, 6.07) is 40.4. The van der Waals surface area contributed by atoms with Crippen LogP contribution in [0.3, 0.4) is 0 Å². The van der Waals surface area contributed by atoms with Crippen LogP contribution in [0.5, 0.6) is 0 Å². The van der Waals surface area contributed by atoms with Crippen molar-refractivity contribution in [3.05, 3.63) is 174 Å². The van der Waals surface area contributed by atoms with E-state index in [0.29, 0.717) is 16.3 Å². The molecule has 0 N–H and O–H groups in total. The molecule has 6 nitrogen and oxygen atoms in total. The van der Waals surface area contributed by atoms with Crippen LogP contribution in [0.4, 0.5) is 11.4 Å². The van der Waals surface area contributed by atoms with Gasteiger partial charge in [0.1, 0.15) is 0 Å². The number of carbonyl (C=O) groups excluding carboxylic acids is 1. The fourth-order valence-electron chi connectivity index (χ4n) is 5.68. The van der Waals surface area contributed by atoms with Crippen LogP contribution in [0.2, 0.25) is 0 Å². The molecule has 0 saturated carbocycles. The summed E-state index contributed by atoms with van der Waals surface area (Å²) in [6.45, 7) is 0. The molecule has 5 aromatic rings. The maximum atomic E-state index is 13.9. The Kier molecular flexibility index (Phi) is 7.48. The van der Waals surface area contributed by atoms with E-state index in [1.54, 1.807) is 36.0 Å². The van der Waals surface area contributed by atoms with Gasteiger partial charge < -0.3 is 0 Å². The number of Topliss-reactive ketones (excluding diaryl/α,β-unsaturated/α-hetero) is 1. The number of hydrazone groups is 1. The number of nitro groups is 1. The quantitative estimate of drug-likeness (QED) is 0.0980. The molecule has 0 bridgehead atoms. The monoisotopic (exact) mass is 741 g/mol. The number of carbonyl (C=O) groups is 1. The summed E-state index contributed by atoms with van der Waals surface area (Å²) >= 11 is 10.3. The predicted octanol–water partition coefficient (Wildman–Crippen LogP) is 9.72. The highest BCUT2D eigenvalue weighted by Crippen LogP contribution is 2.71. The van der Waals surface area contributed by atoms with Crippen LogP contribution >= 0.6 is 55.4 Å². The number of hydrogen-bond donors (Lipinski definition) is 0. The molecule has 0 aromatic heterocycles. The maximum absolute atomic E-state index is 13.9. The van der Waals surface area contributed by atoms with E-state index in [9.17, 15) is 14.9 Å². The van der Waals surface area contributed by atoms with E-state index in [2.05, 4.69) is 68.3 Å². The van der Waals surface area contributed by atoms with Crippen molar-refractivity contribution in [2.24, 2.45) is 5.10 Å². The van der Waals surface area contributed by atoms with Gasteiger partial charge in [0.05, 0.1) is 15.4 Å². The summed E-state index contributed by atoms with van der Waals surface area (Å²) in [5.41, 5.74) is 5.40. The highest BCUT2D eigenvalue weighted by Gasteiger charge is 2.61. The first kappa shape index (κ1) is 29.0. The number of non-ortho nitro benzene ring substituents is 1. The van der Waals surface area contributed by atoms with Gasteiger partial charge in [0.2, 0.25) is 5.78 Å². The predicted molar refractivity (Wildman–Crippen MR) is 185 cm³/mol. The molecule has 1 atom stereocenters. The van der Waals surface area contributed by atoms with Gasteiger partial charge in [-0.2, -0.15) is 5.10 Å². The largest absolute Gasteiger partial charge is 0.286 e. The Morgan fingerprint density at radius 3 is 1.84 bits per heavy atom. The summed E-state index contributed by atoms with van der Waals surface area (Å²) in [5, 5.41) is 18.7. The zero-order chi connectivity index (χ0) is 30.5. The number of nitro benzene ring substituents is 1. The third kappa shape index (κ3) is 4.72. The molecule has 0 fully saturated rings. The first-order chi connectivity index (χ1) is 21.3. The number of ketones is 1. The van der Waals surface area contributed by atoms with Gasteiger partial charge in [-0.05, 0) is 53.1 Å². The Morgan fingerprint density at radius 1 is 0.727 bits per heavy atom. The van der Waals surface area contributed by atoms with Crippen LogP contribution in [0.1, 0.15) is 32.6 Å². The van der Waals surface area contributed by atoms with E-state index < -0.39 is 13.9 Å². The Hall–Kier alpha value is -3.70. The summed E-state index contributed by atoms with van der Waals surface area (Å²) in [6.07, 6.45) is 0. The van der Waals surface area contributed by atoms with E-state index in [0.717, 1.165) is 31.2 Å². The van der Waals surface area contributed by atoms with Gasteiger partial charge in [-0.25, -0.2) is 5.01 Å². The number of halogens is 2. The van der Waals surface area contributed by atoms with Crippen LogP contribution in [0.25, 0.3) is 0 Å². The summed E-state index contributed by atoms with van der Waals surface area (Å²) in [7, 11) is 0. The fraction of sp³-hybridized carbons (Fsp3) is 0.0588. The lowest BCUT2D eigenvalue weighted by Gasteiger charge is -2.37. The number of benzene rings is 5. The summed E-state index contributed by atoms with van der Waals surface area (Å²) < 4.78 is 0.359. The average molecular weight is 744 g/mol. The second-order valence-corrected chi connectivity index (χ2v) is 14.9. The zero-order valence-corrected chi connectivity index (χ0v) is 27.6. The smallest absolute Gasteiger partial charge is 0.269 e. The number of anilines is 1. The molecule has 44 heavy (non-hydrogen) atoms. The minimum Gasteiger partial charge on any atom is -0.286 e.